The highest BCUT2D eigenvalue weighted by Gasteiger charge is 2.27. The SMILES string of the molecule is COC(=O)Cc1ccc(C2CCCCN2Cc2c(OC)cc(C)c3c2ccn3C(=O)OC(C)(C)C)cc1. The Labute approximate surface area is 219 Å². The molecular weight excluding hydrogens is 468 g/mol. The number of esters is 1. The molecular formula is C30H38N2O5. The Hall–Kier alpha value is -3.32. The summed E-state index contributed by atoms with van der Waals surface area (Å²) in [5, 5.41) is 1.00. The van der Waals surface area contributed by atoms with Gasteiger partial charge < -0.3 is 14.2 Å². The molecule has 7 heteroatoms. The monoisotopic (exact) mass is 506 g/mol. The number of fused-ring (bicyclic) bond motifs is 1. The molecule has 37 heavy (non-hydrogen) atoms. The molecule has 1 aliphatic heterocycles. The van der Waals surface area contributed by atoms with E-state index in [2.05, 4.69) is 17.0 Å². The van der Waals surface area contributed by atoms with Crippen LogP contribution in [0.2, 0.25) is 0 Å². The minimum absolute atomic E-state index is 0.235. The van der Waals surface area contributed by atoms with Crippen molar-refractivity contribution >= 4 is 23.0 Å². The van der Waals surface area contributed by atoms with Crippen molar-refractivity contribution in [1.82, 2.24) is 9.47 Å². The van der Waals surface area contributed by atoms with Crippen molar-refractivity contribution < 1.29 is 23.8 Å². The van der Waals surface area contributed by atoms with E-state index in [0.717, 1.165) is 52.7 Å². The van der Waals surface area contributed by atoms with Crippen molar-refractivity contribution in [1.29, 1.82) is 0 Å². The number of aryl methyl sites for hydroxylation is 1. The maximum atomic E-state index is 13.0. The summed E-state index contributed by atoms with van der Waals surface area (Å²) >= 11 is 0. The Morgan fingerprint density at radius 3 is 2.43 bits per heavy atom. The standard InChI is InChI=1S/C30H38N2O5/c1-20-17-26(35-5)24(23-14-16-32(28(20)23)29(34)37-30(2,3)4)19-31-15-8-7-9-25(31)22-12-10-21(11-13-22)18-27(33)36-6/h10-14,16-17,25H,7-9,15,18-19H2,1-6H3. The molecule has 0 radical (unpaired) electrons. The fourth-order valence-corrected chi connectivity index (χ4v) is 5.23. The molecule has 1 unspecified atom stereocenters. The number of piperidine rings is 1. The highest BCUT2D eigenvalue weighted by atomic mass is 16.6. The van der Waals surface area contributed by atoms with E-state index in [1.54, 1.807) is 17.9 Å². The first kappa shape index (κ1) is 26.7. The van der Waals surface area contributed by atoms with Crippen LogP contribution in [0.15, 0.2) is 42.6 Å². The Morgan fingerprint density at radius 2 is 1.78 bits per heavy atom. The summed E-state index contributed by atoms with van der Waals surface area (Å²) in [4.78, 5) is 27.1. The molecule has 0 bridgehead atoms. The first-order chi connectivity index (χ1) is 17.6. The smallest absolute Gasteiger partial charge is 0.419 e. The topological polar surface area (TPSA) is 70.0 Å². The summed E-state index contributed by atoms with van der Waals surface area (Å²) in [7, 11) is 3.11. The molecule has 1 fully saturated rings. The van der Waals surface area contributed by atoms with Gasteiger partial charge in [-0.2, -0.15) is 0 Å². The normalized spacial score (nSPS) is 16.5. The molecule has 1 atom stereocenters. The van der Waals surface area contributed by atoms with Crippen LogP contribution in [0.3, 0.4) is 0 Å². The fraction of sp³-hybridized carbons (Fsp3) is 0.467. The van der Waals surface area contributed by atoms with Gasteiger partial charge >= 0.3 is 12.1 Å². The molecule has 1 aromatic heterocycles. The van der Waals surface area contributed by atoms with Gasteiger partial charge in [0, 0.05) is 29.7 Å². The number of nitrogens with zero attached hydrogens (tertiary/aromatic N) is 2. The molecule has 7 nitrogen and oxygen atoms in total. The van der Waals surface area contributed by atoms with E-state index in [9.17, 15) is 9.59 Å². The van der Waals surface area contributed by atoms with Crippen LogP contribution in [0.25, 0.3) is 10.9 Å². The number of carbonyl (C=O) groups excluding carboxylic acids is 2. The molecule has 2 aromatic carbocycles. The Balaban J connectivity index is 1.67. The molecule has 0 spiro atoms. The minimum Gasteiger partial charge on any atom is -0.496 e. The number of carbonyl (C=O) groups is 2. The summed E-state index contributed by atoms with van der Waals surface area (Å²) in [5.41, 5.74) is 4.49. The predicted octanol–water partition coefficient (Wildman–Crippen LogP) is 6.18. The summed E-state index contributed by atoms with van der Waals surface area (Å²) < 4.78 is 17.9. The molecule has 0 aliphatic carbocycles. The molecule has 198 valence electrons. The van der Waals surface area contributed by atoms with Crippen LogP contribution in [-0.2, 0) is 27.2 Å². The zero-order valence-corrected chi connectivity index (χ0v) is 22.8. The molecule has 4 rings (SSSR count). The molecule has 0 N–H and O–H groups in total. The number of benzene rings is 2. The van der Waals surface area contributed by atoms with E-state index in [0.29, 0.717) is 6.54 Å². The zero-order chi connectivity index (χ0) is 26.7. The average molecular weight is 507 g/mol. The number of methoxy groups -OCH3 is 2. The van der Waals surface area contributed by atoms with Gasteiger partial charge in [-0.15, -0.1) is 0 Å². The van der Waals surface area contributed by atoms with Crippen LogP contribution < -0.4 is 4.74 Å². The van der Waals surface area contributed by atoms with Gasteiger partial charge in [0.1, 0.15) is 11.4 Å². The minimum atomic E-state index is -0.579. The van der Waals surface area contributed by atoms with E-state index in [-0.39, 0.29) is 24.5 Å². The average Bonchev–Trinajstić information content (AvgIpc) is 3.31. The fourth-order valence-electron chi connectivity index (χ4n) is 5.23. The Kier molecular flexibility index (Phi) is 7.93. The zero-order valence-electron chi connectivity index (χ0n) is 22.8. The van der Waals surface area contributed by atoms with Crippen LogP contribution in [0.1, 0.15) is 68.3 Å². The second-order valence-electron chi connectivity index (χ2n) is 10.8. The van der Waals surface area contributed by atoms with Gasteiger partial charge in [-0.05, 0) is 75.9 Å². The van der Waals surface area contributed by atoms with Gasteiger partial charge in [-0.1, -0.05) is 30.7 Å². The first-order valence-corrected chi connectivity index (χ1v) is 12.9. The third-order valence-corrected chi connectivity index (χ3v) is 6.96. The van der Waals surface area contributed by atoms with Crippen LogP contribution >= 0.6 is 0 Å². The van der Waals surface area contributed by atoms with Crippen molar-refractivity contribution in [3.8, 4) is 5.75 Å². The second-order valence-corrected chi connectivity index (χ2v) is 10.8. The molecule has 1 saturated heterocycles. The largest absolute Gasteiger partial charge is 0.496 e. The number of aromatic nitrogens is 1. The van der Waals surface area contributed by atoms with Crippen LogP contribution in [0, 0.1) is 6.92 Å². The molecule has 1 aliphatic rings. The maximum Gasteiger partial charge on any atom is 0.419 e. The lowest BCUT2D eigenvalue weighted by Gasteiger charge is -2.36. The highest BCUT2D eigenvalue weighted by Crippen LogP contribution is 2.38. The van der Waals surface area contributed by atoms with Gasteiger partial charge in [-0.25, -0.2) is 4.79 Å². The van der Waals surface area contributed by atoms with Crippen molar-refractivity contribution in [2.75, 3.05) is 20.8 Å². The molecule has 0 saturated carbocycles. The summed E-state index contributed by atoms with van der Waals surface area (Å²) in [5.74, 6) is 0.588. The van der Waals surface area contributed by atoms with Gasteiger partial charge in [0.05, 0.1) is 26.2 Å². The van der Waals surface area contributed by atoms with Gasteiger partial charge in [-0.3, -0.25) is 14.3 Å². The molecule has 3 aromatic rings. The van der Waals surface area contributed by atoms with Crippen LogP contribution in [0.4, 0.5) is 4.79 Å². The van der Waals surface area contributed by atoms with Gasteiger partial charge in [0.2, 0.25) is 0 Å². The highest BCUT2D eigenvalue weighted by molar-refractivity contribution is 5.95. The number of ether oxygens (including phenoxy) is 3. The second kappa shape index (κ2) is 11.0. The van der Waals surface area contributed by atoms with Crippen LogP contribution in [0.5, 0.6) is 5.75 Å². The predicted molar refractivity (Wildman–Crippen MR) is 144 cm³/mol. The van der Waals surface area contributed by atoms with E-state index in [1.807, 2.05) is 52.0 Å². The lowest BCUT2D eigenvalue weighted by Crippen LogP contribution is -2.33. The quantitative estimate of drug-likeness (QED) is 0.372. The third-order valence-electron chi connectivity index (χ3n) is 6.96. The van der Waals surface area contributed by atoms with E-state index < -0.39 is 5.60 Å². The van der Waals surface area contributed by atoms with Gasteiger partial charge in [0.25, 0.3) is 0 Å². The van der Waals surface area contributed by atoms with Crippen molar-refractivity contribution in [3.05, 3.63) is 64.8 Å². The van der Waals surface area contributed by atoms with Gasteiger partial charge in [0.15, 0.2) is 0 Å². The number of hydrogen-bond acceptors (Lipinski definition) is 6. The van der Waals surface area contributed by atoms with E-state index in [1.165, 1.54) is 19.1 Å². The Morgan fingerprint density at radius 1 is 1.05 bits per heavy atom. The van der Waals surface area contributed by atoms with Crippen LogP contribution in [-0.4, -0.2) is 47.9 Å². The van der Waals surface area contributed by atoms with E-state index >= 15 is 0 Å². The first-order valence-electron chi connectivity index (χ1n) is 12.9. The van der Waals surface area contributed by atoms with Crippen molar-refractivity contribution in [3.63, 3.8) is 0 Å². The summed E-state index contributed by atoms with van der Waals surface area (Å²) in [6, 6.07) is 12.6. The van der Waals surface area contributed by atoms with Crippen molar-refractivity contribution in [2.45, 2.75) is 71.6 Å². The van der Waals surface area contributed by atoms with Crippen molar-refractivity contribution in [2.24, 2.45) is 0 Å². The lowest BCUT2D eigenvalue weighted by molar-refractivity contribution is -0.139. The Bertz CT molecular complexity index is 1270. The number of likely N-dealkylation sites (tertiary alicyclic amines) is 1. The summed E-state index contributed by atoms with van der Waals surface area (Å²) in [6.45, 7) is 9.28. The number of rotatable bonds is 6. The number of hydrogen-bond donors (Lipinski definition) is 0. The third kappa shape index (κ3) is 5.99. The van der Waals surface area contributed by atoms with E-state index in [4.69, 9.17) is 14.2 Å². The molecule has 2 heterocycles. The lowest BCUT2D eigenvalue weighted by atomic mass is 9.93. The maximum absolute atomic E-state index is 13.0. The molecule has 0 amide bonds. The summed E-state index contributed by atoms with van der Waals surface area (Å²) in [6.07, 6.45) is 5.05.